The monoisotopic (exact) mass is 443 g/mol. The maximum Gasteiger partial charge on any atom is 0.256 e. The molecular formula is C27H33N5O. The number of benzene rings is 2. The third-order valence-electron chi connectivity index (χ3n) is 6.37. The molecule has 172 valence electrons. The molecule has 1 aromatic heterocycles. The van der Waals surface area contributed by atoms with Gasteiger partial charge in [0.05, 0.1) is 0 Å². The quantitative estimate of drug-likeness (QED) is 0.541. The molecule has 2 heterocycles. The van der Waals surface area contributed by atoms with E-state index in [0.717, 1.165) is 29.8 Å². The summed E-state index contributed by atoms with van der Waals surface area (Å²) in [6.45, 7) is 6.61. The maximum atomic E-state index is 13.3. The lowest BCUT2D eigenvalue weighted by Crippen LogP contribution is -2.33. The number of likely N-dealkylation sites (tertiary alicyclic amines) is 1. The molecule has 4 rings (SSSR count). The van der Waals surface area contributed by atoms with E-state index in [-0.39, 0.29) is 5.91 Å². The van der Waals surface area contributed by atoms with Crippen molar-refractivity contribution < 1.29 is 4.79 Å². The molecule has 0 radical (unpaired) electrons. The first-order valence-electron chi connectivity index (χ1n) is 11.8. The van der Waals surface area contributed by atoms with Crippen LogP contribution in [0.5, 0.6) is 0 Å². The number of rotatable bonds is 8. The van der Waals surface area contributed by atoms with E-state index in [1.165, 1.54) is 12.8 Å². The number of aromatic nitrogens is 2. The highest BCUT2D eigenvalue weighted by atomic mass is 16.1. The zero-order chi connectivity index (χ0) is 23.2. The van der Waals surface area contributed by atoms with Gasteiger partial charge in [0.2, 0.25) is 0 Å². The van der Waals surface area contributed by atoms with Gasteiger partial charge >= 0.3 is 0 Å². The summed E-state index contributed by atoms with van der Waals surface area (Å²) < 4.78 is 0. The molecular weight excluding hydrogens is 410 g/mol. The molecule has 6 nitrogen and oxygen atoms in total. The molecule has 33 heavy (non-hydrogen) atoms. The summed E-state index contributed by atoms with van der Waals surface area (Å²) in [6.07, 6.45) is 5.05. The first kappa shape index (κ1) is 22.9. The van der Waals surface area contributed by atoms with Crippen molar-refractivity contribution in [3.63, 3.8) is 0 Å². The van der Waals surface area contributed by atoms with Crippen molar-refractivity contribution in [2.45, 2.75) is 39.2 Å². The predicted octanol–water partition coefficient (Wildman–Crippen LogP) is 4.82. The number of amides is 1. The molecule has 6 heteroatoms. The van der Waals surface area contributed by atoms with E-state index >= 15 is 0 Å². The van der Waals surface area contributed by atoms with Crippen LogP contribution in [0.4, 0.5) is 11.5 Å². The van der Waals surface area contributed by atoms with Crippen LogP contribution in [-0.4, -0.2) is 53.5 Å². The molecule has 1 fully saturated rings. The number of nitrogens with zero attached hydrogens (tertiary/aromatic N) is 4. The van der Waals surface area contributed by atoms with Gasteiger partial charge in [0, 0.05) is 36.6 Å². The topological polar surface area (TPSA) is 61.4 Å². The number of aryl methyl sites for hydroxylation is 1. The lowest BCUT2D eigenvalue weighted by atomic mass is 10.1. The van der Waals surface area contributed by atoms with Gasteiger partial charge in [0.1, 0.15) is 11.4 Å². The van der Waals surface area contributed by atoms with Gasteiger partial charge in [-0.15, -0.1) is 0 Å². The Bertz CT molecular complexity index is 1080. The third kappa shape index (κ3) is 5.40. The fraction of sp³-hybridized carbons (Fsp3) is 0.370. The van der Waals surface area contributed by atoms with Gasteiger partial charge in [0.15, 0.2) is 5.82 Å². The van der Waals surface area contributed by atoms with Gasteiger partial charge in [-0.1, -0.05) is 42.5 Å². The number of carbonyl (C=O) groups excluding carboxylic acids is 1. The smallest absolute Gasteiger partial charge is 0.256 e. The average Bonchev–Trinajstić information content (AvgIpc) is 3.24. The Morgan fingerprint density at radius 1 is 1.18 bits per heavy atom. The van der Waals surface area contributed by atoms with Gasteiger partial charge in [0.25, 0.3) is 5.91 Å². The minimum absolute atomic E-state index is 0.128. The second-order valence-electron chi connectivity index (χ2n) is 8.70. The summed E-state index contributed by atoms with van der Waals surface area (Å²) in [5.74, 6) is 1.12. The van der Waals surface area contributed by atoms with E-state index in [1.807, 2.05) is 36.4 Å². The van der Waals surface area contributed by atoms with Crippen molar-refractivity contribution in [2.75, 3.05) is 31.6 Å². The fourth-order valence-electron chi connectivity index (χ4n) is 4.51. The van der Waals surface area contributed by atoms with Crippen LogP contribution in [-0.2, 0) is 0 Å². The van der Waals surface area contributed by atoms with E-state index in [2.05, 4.69) is 59.2 Å². The molecule has 0 bridgehead atoms. The molecule has 0 aliphatic carbocycles. The summed E-state index contributed by atoms with van der Waals surface area (Å²) in [4.78, 5) is 27.2. The van der Waals surface area contributed by atoms with Crippen LogP contribution in [0.2, 0.25) is 0 Å². The lowest BCUT2D eigenvalue weighted by Gasteiger charge is -2.25. The largest absolute Gasteiger partial charge is 0.352 e. The second kappa shape index (κ2) is 10.6. The molecule has 1 N–H and O–H groups in total. The van der Waals surface area contributed by atoms with Crippen LogP contribution in [0.15, 0.2) is 60.8 Å². The van der Waals surface area contributed by atoms with Crippen LogP contribution < -0.4 is 10.2 Å². The summed E-state index contributed by atoms with van der Waals surface area (Å²) in [6, 6.07) is 18.7. The molecule has 1 aliphatic rings. The van der Waals surface area contributed by atoms with Crippen molar-refractivity contribution in [3.8, 4) is 11.4 Å². The Hall–Kier alpha value is -3.25. The van der Waals surface area contributed by atoms with Crippen molar-refractivity contribution in [3.05, 3.63) is 71.9 Å². The summed E-state index contributed by atoms with van der Waals surface area (Å²) >= 11 is 0. The summed E-state index contributed by atoms with van der Waals surface area (Å²) in [5.41, 5.74) is 3.60. The van der Waals surface area contributed by atoms with Gasteiger partial charge in [-0.2, -0.15) is 0 Å². The van der Waals surface area contributed by atoms with Gasteiger partial charge in [-0.3, -0.25) is 4.79 Å². The highest BCUT2D eigenvalue weighted by molar-refractivity contribution is 5.99. The molecule has 2 aromatic carbocycles. The molecule has 1 atom stereocenters. The highest BCUT2D eigenvalue weighted by Crippen LogP contribution is 2.29. The number of hydrogen-bond acceptors (Lipinski definition) is 5. The minimum Gasteiger partial charge on any atom is -0.352 e. The zero-order valence-corrected chi connectivity index (χ0v) is 19.8. The number of hydrogen-bond donors (Lipinski definition) is 1. The van der Waals surface area contributed by atoms with Crippen molar-refractivity contribution in [2.24, 2.45) is 0 Å². The van der Waals surface area contributed by atoms with Crippen molar-refractivity contribution in [1.82, 2.24) is 20.2 Å². The highest BCUT2D eigenvalue weighted by Gasteiger charge is 2.23. The Balaban J connectivity index is 1.64. The van der Waals surface area contributed by atoms with Crippen molar-refractivity contribution >= 4 is 17.4 Å². The SMILES string of the molecule is CCN(c1cccc(C)c1)c1nc(-c2ccccc2)ncc1C(=O)NCCC1CCCN1C. The lowest BCUT2D eigenvalue weighted by molar-refractivity contribution is 0.0950. The zero-order valence-electron chi connectivity index (χ0n) is 19.8. The minimum atomic E-state index is -0.128. The van der Waals surface area contributed by atoms with E-state index in [0.29, 0.717) is 36.3 Å². The normalized spacial score (nSPS) is 16.0. The van der Waals surface area contributed by atoms with Gasteiger partial charge in [-0.05, 0) is 64.4 Å². The molecule has 3 aromatic rings. The fourth-order valence-corrected chi connectivity index (χ4v) is 4.51. The summed E-state index contributed by atoms with van der Waals surface area (Å²) in [7, 11) is 2.16. The van der Waals surface area contributed by atoms with E-state index in [9.17, 15) is 4.79 Å². The number of carbonyl (C=O) groups is 1. The molecule has 1 saturated heterocycles. The van der Waals surface area contributed by atoms with E-state index in [1.54, 1.807) is 6.20 Å². The Morgan fingerprint density at radius 3 is 2.70 bits per heavy atom. The molecule has 1 unspecified atom stereocenters. The van der Waals surface area contributed by atoms with E-state index < -0.39 is 0 Å². The van der Waals surface area contributed by atoms with Gasteiger partial charge < -0.3 is 15.1 Å². The van der Waals surface area contributed by atoms with Gasteiger partial charge in [-0.25, -0.2) is 9.97 Å². The van der Waals surface area contributed by atoms with Crippen LogP contribution in [0.3, 0.4) is 0 Å². The second-order valence-corrected chi connectivity index (χ2v) is 8.70. The summed E-state index contributed by atoms with van der Waals surface area (Å²) in [5, 5.41) is 3.12. The number of nitrogens with one attached hydrogen (secondary N) is 1. The number of anilines is 2. The predicted molar refractivity (Wildman–Crippen MR) is 134 cm³/mol. The average molecular weight is 444 g/mol. The molecule has 0 saturated carbocycles. The van der Waals surface area contributed by atoms with Crippen LogP contribution in [0.25, 0.3) is 11.4 Å². The third-order valence-corrected chi connectivity index (χ3v) is 6.37. The molecule has 0 spiro atoms. The molecule has 1 amide bonds. The Morgan fingerprint density at radius 2 is 2.00 bits per heavy atom. The van der Waals surface area contributed by atoms with Crippen LogP contribution in [0.1, 0.15) is 42.1 Å². The van der Waals surface area contributed by atoms with E-state index in [4.69, 9.17) is 4.98 Å². The Kier molecular flexibility index (Phi) is 7.35. The standard InChI is InChI=1S/C27H33N5O/c1-4-32(23-13-8-10-20(2)18-23)26-24(19-29-25(30-26)21-11-6-5-7-12-21)27(33)28-16-15-22-14-9-17-31(22)3/h5-8,10-13,18-19,22H,4,9,14-17H2,1-3H3,(H,28,33). The van der Waals surface area contributed by atoms with Crippen LogP contribution in [0, 0.1) is 6.92 Å². The maximum absolute atomic E-state index is 13.3. The Labute approximate surface area is 196 Å². The first-order chi connectivity index (χ1) is 16.1. The van der Waals surface area contributed by atoms with Crippen LogP contribution >= 0.6 is 0 Å². The first-order valence-corrected chi connectivity index (χ1v) is 11.8. The van der Waals surface area contributed by atoms with Crippen molar-refractivity contribution in [1.29, 1.82) is 0 Å². The molecule has 1 aliphatic heterocycles.